The maximum absolute atomic E-state index is 11.8. The first-order chi connectivity index (χ1) is 7.11. The Morgan fingerprint density at radius 3 is 2.20 bits per heavy atom. The van der Waals surface area contributed by atoms with Gasteiger partial charge in [-0.15, -0.1) is 0 Å². The maximum Gasteiger partial charge on any atom is 0.317 e. The van der Waals surface area contributed by atoms with Crippen LogP contribution in [0.3, 0.4) is 0 Å². The smallest absolute Gasteiger partial charge is 0.317 e. The standard InChI is InChI=1S/C12H24N2O/c1-10(2)13-12(15)14(3)11-8-6-4-5-7-9-11/h10-11H,4-9H2,1-3H3,(H,13,15). The number of carbonyl (C=O) groups is 1. The molecule has 0 bridgehead atoms. The summed E-state index contributed by atoms with van der Waals surface area (Å²) in [7, 11) is 1.92. The lowest BCUT2D eigenvalue weighted by atomic mass is 10.1. The molecular formula is C12H24N2O. The number of carbonyl (C=O) groups excluding carboxylic acids is 1. The van der Waals surface area contributed by atoms with Gasteiger partial charge in [0.1, 0.15) is 0 Å². The lowest BCUT2D eigenvalue weighted by Gasteiger charge is -2.28. The number of hydrogen-bond donors (Lipinski definition) is 1. The van der Waals surface area contributed by atoms with Crippen LogP contribution in [0.1, 0.15) is 52.4 Å². The normalized spacial score (nSPS) is 18.7. The zero-order chi connectivity index (χ0) is 11.3. The van der Waals surface area contributed by atoms with Gasteiger partial charge < -0.3 is 10.2 Å². The van der Waals surface area contributed by atoms with Gasteiger partial charge in [0.2, 0.25) is 0 Å². The van der Waals surface area contributed by atoms with E-state index in [-0.39, 0.29) is 12.1 Å². The molecule has 3 nitrogen and oxygen atoms in total. The Morgan fingerprint density at radius 1 is 1.20 bits per heavy atom. The Hall–Kier alpha value is -0.730. The molecule has 0 aromatic carbocycles. The van der Waals surface area contributed by atoms with E-state index in [9.17, 15) is 4.79 Å². The van der Waals surface area contributed by atoms with Gasteiger partial charge in [0.15, 0.2) is 0 Å². The number of amides is 2. The van der Waals surface area contributed by atoms with E-state index in [0.717, 1.165) is 0 Å². The molecule has 2 amide bonds. The summed E-state index contributed by atoms with van der Waals surface area (Å²) in [5, 5.41) is 2.95. The largest absolute Gasteiger partial charge is 0.336 e. The van der Waals surface area contributed by atoms with Gasteiger partial charge in [-0.05, 0) is 26.7 Å². The second-order valence-electron chi connectivity index (χ2n) is 4.86. The van der Waals surface area contributed by atoms with Crippen molar-refractivity contribution in [3.05, 3.63) is 0 Å². The summed E-state index contributed by atoms with van der Waals surface area (Å²) in [5.74, 6) is 0. The van der Waals surface area contributed by atoms with E-state index in [1.54, 1.807) is 0 Å². The molecule has 1 aliphatic carbocycles. The van der Waals surface area contributed by atoms with Crippen molar-refractivity contribution in [3.63, 3.8) is 0 Å². The van der Waals surface area contributed by atoms with Crippen molar-refractivity contribution in [2.24, 2.45) is 0 Å². The van der Waals surface area contributed by atoms with Crippen LogP contribution in [0.5, 0.6) is 0 Å². The molecule has 0 spiro atoms. The number of rotatable bonds is 2. The highest BCUT2D eigenvalue weighted by Gasteiger charge is 2.21. The van der Waals surface area contributed by atoms with Gasteiger partial charge >= 0.3 is 6.03 Å². The van der Waals surface area contributed by atoms with Crippen LogP contribution in [0.4, 0.5) is 4.79 Å². The molecule has 0 unspecified atom stereocenters. The third-order valence-corrected chi connectivity index (χ3v) is 3.10. The van der Waals surface area contributed by atoms with Gasteiger partial charge in [0.25, 0.3) is 0 Å². The summed E-state index contributed by atoms with van der Waals surface area (Å²) < 4.78 is 0. The van der Waals surface area contributed by atoms with Crippen LogP contribution in [0, 0.1) is 0 Å². The van der Waals surface area contributed by atoms with Crippen LogP contribution in [0.25, 0.3) is 0 Å². The minimum Gasteiger partial charge on any atom is -0.336 e. The molecule has 0 atom stereocenters. The maximum atomic E-state index is 11.8. The van der Waals surface area contributed by atoms with Gasteiger partial charge in [-0.3, -0.25) is 0 Å². The monoisotopic (exact) mass is 212 g/mol. The number of nitrogens with one attached hydrogen (secondary N) is 1. The Kier molecular flexibility index (Phi) is 4.92. The van der Waals surface area contributed by atoms with E-state index in [4.69, 9.17) is 0 Å². The summed E-state index contributed by atoms with van der Waals surface area (Å²) in [6.07, 6.45) is 7.53. The fraction of sp³-hybridized carbons (Fsp3) is 0.917. The molecule has 1 N–H and O–H groups in total. The minimum absolute atomic E-state index is 0.0805. The highest BCUT2D eigenvalue weighted by atomic mass is 16.2. The van der Waals surface area contributed by atoms with Crippen molar-refractivity contribution in [1.29, 1.82) is 0 Å². The lowest BCUT2D eigenvalue weighted by Crippen LogP contribution is -2.45. The van der Waals surface area contributed by atoms with Crippen LogP contribution in [-0.4, -0.2) is 30.1 Å². The fourth-order valence-corrected chi connectivity index (χ4v) is 2.16. The topological polar surface area (TPSA) is 32.3 Å². The SMILES string of the molecule is CC(C)NC(=O)N(C)C1CCCCCC1. The van der Waals surface area contributed by atoms with E-state index in [0.29, 0.717) is 6.04 Å². The second kappa shape index (κ2) is 5.99. The van der Waals surface area contributed by atoms with E-state index in [1.165, 1.54) is 38.5 Å². The molecule has 0 radical (unpaired) electrons. The van der Waals surface area contributed by atoms with Crippen LogP contribution in [-0.2, 0) is 0 Å². The first kappa shape index (κ1) is 12.3. The molecule has 0 aromatic heterocycles. The molecular weight excluding hydrogens is 188 g/mol. The fourth-order valence-electron chi connectivity index (χ4n) is 2.16. The van der Waals surface area contributed by atoms with E-state index >= 15 is 0 Å². The molecule has 3 heteroatoms. The average molecular weight is 212 g/mol. The molecule has 1 fully saturated rings. The van der Waals surface area contributed by atoms with Gasteiger partial charge in [0, 0.05) is 19.1 Å². The van der Waals surface area contributed by atoms with Gasteiger partial charge in [-0.2, -0.15) is 0 Å². The zero-order valence-corrected chi connectivity index (χ0v) is 10.3. The van der Waals surface area contributed by atoms with Gasteiger partial charge in [-0.1, -0.05) is 25.7 Å². The van der Waals surface area contributed by atoms with Gasteiger partial charge in [0.05, 0.1) is 0 Å². The summed E-state index contributed by atoms with van der Waals surface area (Å²) in [6.45, 7) is 4.00. The predicted molar refractivity (Wildman–Crippen MR) is 62.9 cm³/mol. The molecule has 0 aromatic rings. The highest BCUT2D eigenvalue weighted by molar-refractivity contribution is 5.74. The highest BCUT2D eigenvalue weighted by Crippen LogP contribution is 2.20. The van der Waals surface area contributed by atoms with Crippen LogP contribution < -0.4 is 5.32 Å². The minimum atomic E-state index is 0.0805. The van der Waals surface area contributed by atoms with Crippen molar-refractivity contribution in [2.45, 2.75) is 64.5 Å². The average Bonchev–Trinajstić information content (AvgIpc) is 2.43. The Balaban J connectivity index is 2.42. The zero-order valence-electron chi connectivity index (χ0n) is 10.3. The molecule has 1 aliphatic rings. The van der Waals surface area contributed by atoms with Gasteiger partial charge in [-0.25, -0.2) is 4.79 Å². The van der Waals surface area contributed by atoms with E-state index in [2.05, 4.69) is 5.32 Å². The first-order valence-electron chi connectivity index (χ1n) is 6.14. The molecule has 1 saturated carbocycles. The summed E-state index contributed by atoms with van der Waals surface area (Å²) in [6, 6.07) is 0.758. The second-order valence-corrected chi connectivity index (χ2v) is 4.86. The molecule has 1 rings (SSSR count). The third kappa shape index (κ3) is 4.10. The van der Waals surface area contributed by atoms with Crippen molar-refractivity contribution in [2.75, 3.05) is 7.05 Å². The number of nitrogens with zero attached hydrogens (tertiary/aromatic N) is 1. The number of urea groups is 1. The van der Waals surface area contributed by atoms with Crippen molar-refractivity contribution < 1.29 is 4.79 Å². The summed E-state index contributed by atoms with van der Waals surface area (Å²) >= 11 is 0. The molecule has 88 valence electrons. The Morgan fingerprint density at radius 2 is 1.73 bits per heavy atom. The van der Waals surface area contributed by atoms with Crippen LogP contribution >= 0.6 is 0 Å². The molecule has 0 saturated heterocycles. The Labute approximate surface area is 93.2 Å². The first-order valence-corrected chi connectivity index (χ1v) is 6.14. The third-order valence-electron chi connectivity index (χ3n) is 3.10. The van der Waals surface area contributed by atoms with Crippen molar-refractivity contribution in [1.82, 2.24) is 10.2 Å². The summed E-state index contributed by atoms with van der Waals surface area (Å²) in [4.78, 5) is 13.7. The quantitative estimate of drug-likeness (QED) is 0.701. The lowest BCUT2D eigenvalue weighted by molar-refractivity contribution is 0.181. The molecule has 15 heavy (non-hydrogen) atoms. The Bertz CT molecular complexity index is 196. The molecule has 0 heterocycles. The van der Waals surface area contributed by atoms with Crippen molar-refractivity contribution >= 4 is 6.03 Å². The van der Waals surface area contributed by atoms with Crippen LogP contribution in [0.15, 0.2) is 0 Å². The van der Waals surface area contributed by atoms with E-state index in [1.807, 2.05) is 25.8 Å². The van der Waals surface area contributed by atoms with Crippen molar-refractivity contribution in [3.8, 4) is 0 Å². The number of hydrogen-bond acceptors (Lipinski definition) is 1. The summed E-state index contributed by atoms with van der Waals surface area (Å²) in [5.41, 5.74) is 0. The van der Waals surface area contributed by atoms with Crippen LogP contribution in [0.2, 0.25) is 0 Å². The molecule has 0 aliphatic heterocycles. The van der Waals surface area contributed by atoms with E-state index < -0.39 is 0 Å². The predicted octanol–water partition coefficient (Wildman–Crippen LogP) is 2.76.